The van der Waals surface area contributed by atoms with E-state index in [0.29, 0.717) is 29.5 Å². The number of halogens is 1. The molecule has 0 saturated carbocycles. The van der Waals surface area contributed by atoms with Gasteiger partial charge in [-0.1, -0.05) is 66.2 Å². The minimum absolute atomic E-state index is 0.294. The van der Waals surface area contributed by atoms with Gasteiger partial charge in [-0.15, -0.1) is 0 Å². The number of benzene rings is 3. The highest BCUT2D eigenvalue weighted by Gasteiger charge is 2.32. The standard InChI is InChI=1S/C24H26ClN2O6P/c1-24(26,16-33-34(29,30)31)23(28)27-20-11-12-22(21(25)15-20)32-14-13-17-7-9-19(10-8-17)18-5-3-2-4-6-18/h2-12,15H,13-14,16,26H2,1H3,(H,27,28)(H2,29,30,31)/t24-/m0/s1. The van der Waals surface area contributed by atoms with Crippen LogP contribution in [0.3, 0.4) is 0 Å². The predicted octanol–water partition coefficient (Wildman–Crippen LogP) is 4.39. The second-order valence-electron chi connectivity index (χ2n) is 7.94. The maximum atomic E-state index is 12.3. The van der Waals surface area contributed by atoms with Crippen LogP contribution in [-0.2, 0) is 20.3 Å². The van der Waals surface area contributed by atoms with E-state index in [1.165, 1.54) is 13.0 Å². The highest BCUT2D eigenvalue weighted by atomic mass is 35.5. The second-order valence-corrected chi connectivity index (χ2v) is 9.59. The van der Waals surface area contributed by atoms with Gasteiger partial charge in [0.15, 0.2) is 0 Å². The molecule has 34 heavy (non-hydrogen) atoms. The van der Waals surface area contributed by atoms with Gasteiger partial charge in [0.05, 0.1) is 18.2 Å². The summed E-state index contributed by atoms with van der Waals surface area (Å²) in [6.07, 6.45) is 0.689. The molecule has 8 nitrogen and oxygen atoms in total. The van der Waals surface area contributed by atoms with Crippen molar-refractivity contribution in [1.29, 1.82) is 0 Å². The first-order chi connectivity index (χ1) is 16.0. The van der Waals surface area contributed by atoms with E-state index in [9.17, 15) is 9.36 Å². The fourth-order valence-electron chi connectivity index (χ4n) is 3.03. The van der Waals surface area contributed by atoms with Crippen LogP contribution in [0, 0.1) is 0 Å². The number of carbonyl (C=O) groups is 1. The smallest absolute Gasteiger partial charge is 0.469 e. The van der Waals surface area contributed by atoms with E-state index in [4.69, 9.17) is 31.9 Å². The monoisotopic (exact) mass is 504 g/mol. The molecule has 0 fully saturated rings. The third-order valence-electron chi connectivity index (χ3n) is 4.95. The molecule has 0 radical (unpaired) electrons. The lowest BCUT2D eigenvalue weighted by Gasteiger charge is -2.23. The quantitative estimate of drug-likeness (QED) is 0.301. The molecule has 3 rings (SSSR count). The van der Waals surface area contributed by atoms with Crippen LogP contribution in [0.25, 0.3) is 11.1 Å². The highest BCUT2D eigenvalue weighted by Crippen LogP contribution is 2.36. The Hall–Kier alpha value is -2.71. The maximum absolute atomic E-state index is 12.3. The van der Waals surface area contributed by atoms with Gasteiger partial charge >= 0.3 is 7.82 Å². The van der Waals surface area contributed by atoms with Crippen LogP contribution in [0.4, 0.5) is 5.69 Å². The van der Waals surface area contributed by atoms with Gasteiger partial charge in [0, 0.05) is 12.1 Å². The molecule has 1 atom stereocenters. The zero-order valence-corrected chi connectivity index (χ0v) is 20.1. The molecule has 3 aromatic carbocycles. The van der Waals surface area contributed by atoms with Crippen molar-refractivity contribution in [2.75, 3.05) is 18.5 Å². The Bertz CT molecular complexity index is 1170. The zero-order chi connectivity index (χ0) is 24.8. The molecule has 0 aliphatic rings. The van der Waals surface area contributed by atoms with Crippen LogP contribution < -0.4 is 15.8 Å². The molecule has 0 spiro atoms. The number of amides is 1. The number of ether oxygens (including phenoxy) is 1. The van der Waals surface area contributed by atoms with Crippen molar-refractivity contribution in [3.63, 3.8) is 0 Å². The van der Waals surface area contributed by atoms with Gasteiger partial charge in [0.1, 0.15) is 11.3 Å². The van der Waals surface area contributed by atoms with Gasteiger partial charge in [0.2, 0.25) is 5.91 Å². The van der Waals surface area contributed by atoms with Crippen molar-refractivity contribution >= 4 is 31.0 Å². The van der Waals surface area contributed by atoms with Crippen LogP contribution in [0.5, 0.6) is 5.75 Å². The molecular formula is C24H26ClN2O6P. The van der Waals surface area contributed by atoms with Crippen molar-refractivity contribution in [1.82, 2.24) is 0 Å². The Labute approximate surface area is 202 Å². The fourth-order valence-corrected chi connectivity index (χ4v) is 3.70. The molecule has 180 valence electrons. The largest absolute Gasteiger partial charge is 0.492 e. The van der Waals surface area contributed by atoms with Crippen LogP contribution >= 0.6 is 19.4 Å². The maximum Gasteiger partial charge on any atom is 0.469 e. The van der Waals surface area contributed by atoms with Crippen LogP contribution in [0.15, 0.2) is 72.8 Å². The molecule has 10 heteroatoms. The Morgan fingerprint density at radius 3 is 2.32 bits per heavy atom. The van der Waals surface area contributed by atoms with Gasteiger partial charge in [-0.2, -0.15) is 0 Å². The normalized spacial score (nSPS) is 13.2. The number of phosphoric acid groups is 1. The molecule has 0 aromatic heterocycles. The summed E-state index contributed by atoms with van der Waals surface area (Å²) in [5.41, 5.74) is 7.93. The third-order valence-corrected chi connectivity index (χ3v) is 5.71. The average molecular weight is 505 g/mol. The number of nitrogens with two attached hydrogens (primary N) is 1. The van der Waals surface area contributed by atoms with Crippen LogP contribution in [0.1, 0.15) is 12.5 Å². The lowest BCUT2D eigenvalue weighted by Crippen LogP contribution is -2.52. The minimum atomic E-state index is -4.75. The molecule has 0 heterocycles. The van der Waals surface area contributed by atoms with Crippen LogP contribution in [0.2, 0.25) is 5.02 Å². The summed E-state index contributed by atoms with van der Waals surface area (Å²) in [5.74, 6) is -0.231. The summed E-state index contributed by atoms with van der Waals surface area (Å²) in [7, 11) is -4.75. The van der Waals surface area contributed by atoms with Crippen molar-refractivity contribution in [2.45, 2.75) is 18.9 Å². The summed E-state index contributed by atoms with van der Waals surface area (Å²) in [4.78, 5) is 29.9. The van der Waals surface area contributed by atoms with E-state index in [1.807, 2.05) is 18.2 Å². The van der Waals surface area contributed by atoms with Gasteiger partial charge in [-0.05, 0) is 41.8 Å². The van der Waals surface area contributed by atoms with E-state index in [-0.39, 0.29) is 0 Å². The van der Waals surface area contributed by atoms with Gasteiger partial charge in [-0.25, -0.2) is 4.57 Å². The number of anilines is 1. The molecule has 0 saturated heterocycles. The Morgan fingerprint density at radius 1 is 1.06 bits per heavy atom. The summed E-state index contributed by atoms with van der Waals surface area (Å²) < 4.78 is 21.0. The zero-order valence-electron chi connectivity index (χ0n) is 18.5. The summed E-state index contributed by atoms with van der Waals surface area (Å²) in [5, 5.41) is 2.84. The lowest BCUT2D eigenvalue weighted by atomic mass is 10.0. The van der Waals surface area contributed by atoms with Crippen molar-refractivity contribution in [3.05, 3.63) is 83.4 Å². The molecule has 0 bridgehead atoms. The van der Waals surface area contributed by atoms with E-state index in [1.54, 1.807) is 12.1 Å². The topological polar surface area (TPSA) is 131 Å². The predicted molar refractivity (Wildman–Crippen MR) is 132 cm³/mol. The summed E-state index contributed by atoms with van der Waals surface area (Å²) >= 11 is 6.28. The van der Waals surface area contributed by atoms with Gasteiger partial charge < -0.3 is 25.6 Å². The molecule has 0 aliphatic heterocycles. The first-order valence-corrected chi connectivity index (χ1v) is 12.3. The summed E-state index contributed by atoms with van der Waals surface area (Å²) in [6.45, 7) is 1.05. The van der Waals surface area contributed by atoms with Crippen molar-refractivity contribution in [3.8, 4) is 16.9 Å². The van der Waals surface area contributed by atoms with E-state index < -0.39 is 25.9 Å². The second kappa shape index (κ2) is 11.1. The Morgan fingerprint density at radius 2 is 1.71 bits per heavy atom. The first kappa shape index (κ1) is 25.9. The fraction of sp³-hybridized carbons (Fsp3) is 0.208. The number of carbonyl (C=O) groups excluding carboxylic acids is 1. The molecule has 3 aromatic rings. The average Bonchev–Trinajstić information content (AvgIpc) is 2.80. The van der Waals surface area contributed by atoms with Gasteiger partial charge in [0.25, 0.3) is 0 Å². The number of rotatable bonds is 10. The van der Waals surface area contributed by atoms with Crippen molar-refractivity contribution in [2.24, 2.45) is 5.73 Å². The van der Waals surface area contributed by atoms with Crippen molar-refractivity contribution < 1.29 is 28.4 Å². The van der Waals surface area contributed by atoms with E-state index in [0.717, 1.165) is 16.7 Å². The van der Waals surface area contributed by atoms with Crippen LogP contribution in [-0.4, -0.2) is 34.4 Å². The molecule has 0 unspecified atom stereocenters. The molecule has 0 aliphatic carbocycles. The third kappa shape index (κ3) is 7.67. The molecular weight excluding hydrogens is 479 g/mol. The van der Waals surface area contributed by atoms with E-state index >= 15 is 0 Å². The number of hydrogen-bond donors (Lipinski definition) is 4. The first-order valence-electron chi connectivity index (χ1n) is 10.4. The van der Waals surface area contributed by atoms with E-state index in [2.05, 4.69) is 46.2 Å². The molecule has 1 amide bonds. The number of phosphoric ester groups is 1. The molecule has 5 N–H and O–H groups in total. The minimum Gasteiger partial charge on any atom is -0.492 e. The Kier molecular flexibility index (Phi) is 8.49. The number of hydrogen-bond acceptors (Lipinski definition) is 5. The summed E-state index contributed by atoms with van der Waals surface area (Å²) in [6, 6.07) is 23.1. The highest BCUT2D eigenvalue weighted by molar-refractivity contribution is 7.46. The Balaban J connectivity index is 1.52. The lowest BCUT2D eigenvalue weighted by molar-refractivity contribution is -0.121. The van der Waals surface area contributed by atoms with Gasteiger partial charge in [-0.3, -0.25) is 9.32 Å². The number of nitrogens with one attached hydrogen (secondary N) is 1. The SMILES string of the molecule is C[C@](N)(COP(=O)(O)O)C(=O)Nc1ccc(OCCc2ccc(-c3ccccc3)cc2)c(Cl)c1.